The molecule has 21 heavy (non-hydrogen) atoms. The lowest BCUT2D eigenvalue weighted by atomic mass is 10.2. The second-order valence-electron chi connectivity index (χ2n) is 4.39. The number of carbonyl (C=O) groups excluding carboxylic acids is 1. The van der Waals surface area contributed by atoms with Crippen LogP contribution in [-0.4, -0.2) is 34.6 Å². The van der Waals surface area contributed by atoms with E-state index in [1.54, 1.807) is 24.3 Å². The Morgan fingerprint density at radius 3 is 2.24 bits per heavy atom. The summed E-state index contributed by atoms with van der Waals surface area (Å²) in [6, 6.07) is 6.26. The molecule has 1 N–H and O–H groups in total. The molecule has 1 aromatic rings. The molecular formula is C13H13ClF3NO3. The van der Waals surface area contributed by atoms with Gasteiger partial charge in [0.2, 0.25) is 5.91 Å². The number of nitrogens with zero attached hydrogens (tertiary/aromatic N) is 1. The van der Waals surface area contributed by atoms with E-state index in [1.807, 2.05) is 0 Å². The van der Waals surface area contributed by atoms with E-state index in [0.29, 0.717) is 10.6 Å². The van der Waals surface area contributed by atoms with E-state index >= 15 is 0 Å². The summed E-state index contributed by atoms with van der Waals surface area (Å²) in [5.74, 6) is -2.14. The number of carboxylic acid groups (broad SMARTS) is 1. The number of halogens is 4. The molecule has 0 aromatic heterocycles. The van der Waals surface area contributed by atoms with Crippen LogP contribution >= 0.6 is 11.6 Å². The minimum atomic E-state index is -4.45. The maximum Gasteiger partial charge on any atom is 0.389 e. The molecule has 0 spiro atoms. The molecule has 4 nitrogen and oxygen atoms in total. The zero-order valence-electron chi connectivity index (χ0n) is 10.9. The summed E-state index contributed by atoms with van der Waals surface area (Å²) in [5, 5.41) is 9.21. The van der Waals surface area contributed by atoms with E-state index in [9.17, 15) is 22.8 Å². The molecular weight excluding hydrogens is 311 g/mol. The van der Waals surface area contributed by atoms with Crippen molar-refractivity contribution in [3.63, 3.8) is 0 Å². The van der Waals surface area contributed by atoms with Crippen LogP contribution in [0.3, 0.4) is 0 Å². The summed E-state index contributed by atoms with van der Waals surface area (Å²) in [4.78, 5) is 23.3. The Bertz CT molecular complexity index is 502. The molecule has 0 fully saturated rings. The molecule has 0 radical (unpaired) electrons. The van der Waals surface area contributed by atoms with Crippen LogP contribution in [0.2, 0.25) is 5.02 Å². The molecule has 1 aromatic carbocycles. The molecule has 0 unspecified atom stereocenters. The predicted molar refractivity (Wildman–Crippen MR) is 69.8 cm³/mol. The fraction of sp³-hybridized carbons (Fsp3) is 0.385. The van der Waals surface area contributed by atoms with E-state index < -0.39 is 37.4 Å². The fourth-order valence-electron chi connectivity index (χ4n) is 1.61. The Morgan fingerprint density at radius 2 is 1.76 bits per heavy atom. The first-order valence-corrected chi connectivity index (χ1v) is 6.36. The van der Waals surface area contributed by atoms with Gasteiger partial charge in [-0.25, -0.2) is 0 Å². The van der Waals surface area contributed by atoms with Gasteiger partial charge >= 0.3 is 12.1 Å². The Balaban J connectivity index is 2.72. The van der Waals surface area contributed by atoms with Crippen molar-refractivity contribution < 1.29 is 27.9 Å². The van der Waals surface area contributed by atoms with Crippen molar-refractivity contribution in [1.29, 1.82) is 0 Å². The van der Waals surface area contributed by atoms with Gasteiger partial charge in [0, 0.05) is 18.0 Å². The summed E-state index contributed by atoms with van der Waals surface area (Å²) >= 11 is 5.70. The van der Waals surface area contributed by atoms with Crippen LogP contribution in [0, 0.1) is 0 Å². The van der Waals surface area contributed by atoms with Crippen molar-refractivity contribution in [2.75, 3.05) is 6.54 Å². The van der Waals surface area contributed by atoms with Crippen molar-refractivity contribution >= 4 is 23.5 Å². The third-order valence-corrected chi connectivity index (χ3v) is 2.84. The SMILES string of the molecule is O=C(O)CN(Cc1ccc(Cl)cc1)C(=O)CCC(F)(F)F. The monoisotopic (exact) mass is 323 g/mol. The highest BCUT2D eigenvalue weighted by atomic mass is 35.5. The van der Waals surface area contributed by atoms with E-state index in [0.717, 1.165) is 4.90 Å². The van der Waals surface area contributed by atoms with Gasteiger partial charge in [-0.3, -0.25) is 9.59 Å². The largest absolute Gasteiger partial charge is 0.480 e. The summed E-state index contributed by atoms with van der Waals surface area (Å²) < 4.78 is 36.3. The molecule has 0 aliphatic carbocycles. The molecule has 1 rings (SSSR count). The zero-order valence-corrected chi connectivity index (χ0v) is 11.6. The second kappa shape index (κ2) is 7.31. The van der Waals surface area contributed by atoms with E-state index in [1.165, 1.54) is 0 Å². The highest BCUT2D eigenvalue weighted by Gasteiger charge is 2.29. The molecule has 1 amide bonds. The van der Waals surface area contributed by atoms with Crippen LogP contribution in [0.25, 0.3) is 0 Å². The normalized spacial score (nSPS) is 11.2. The zero-order chi connectivity index (χ0) is 16.0. The number of carbonyl (C=O) groups is 2. The van der Waals surface area contributed by atoms with Gasteiger partial charge in [0.25, 0.3) is 0 Å². The van der Waals surface area contributed by atoms with E-state index in [2.05, 4.69) is 0 Å². The summed E-state index contributed by atoms with van der Waals surface area (Å²) in [5.41, 5.74) is 0.584. The number of carboxylic acids is 1. The van der Waals surface area contributed by atoms with E-state index in [-0.39, 0.29) is 6.54 Å². The minimum Gasteiger partial charge on any atom is -0.480 e. The van der Waals surface area contributed by atoms with Crippen molar-refractivity contribution in [1.82, 2.24) is 4.90 Å². The number of amides is 1. The summed E-state index contributed by atoms with van der Waals surface area (Å²) in [7, 11) is 0. The lowest BCUT2D eigenvalue weighted by Crippen LogP contribution is -2.35. The van der Waals surface area contributed by atoms with Gasteiger partial charge < -0.3 is 10.0 Å². The van der Waals surface area contributed by atoms with Gasteiger partial charge in [0.05, 0.1) is 6.42 Å². The number of hydrogen-bond acceptors (Lipinski definition) is 2. The third kappa shape index (κ3) is 6.99. The molecule has 8 heteroatoms. The van der Waals surface area contributed by atoms with Crippen molar-refractivity contribution in [2.24, 2.45) is 0 Å². The van der Waals surface area contributed by atoms with Crippen molar-refractivity contribution in [3.8, 4) is 0 Å². The standard InChI is InChI=1S/C13H13ClF3NO3/c14-10-3-1-9(2-4-10)7-18(8-12(20)21)11(19)5-6-13(15,16)17/h1-4H,5-8H2,(H,20,21). The Labute approximate surface area is 124 Å². The van der Waals surface area contributed by atoms with Crippen LogP contribution in [0.5, 0.6) is 0 Å². The predicted octanol–water partition coefficient (Wildman–Crippen LogP) is 3.10. The molecule has 0 atom stereocenters. The van der Waals surface area contributed by atoms with E-state index in [4.69, 9.17) is 16.7 Å². The first kappa shape index (κ1) is 17.3. The average molecular weight is 324 g/mol. The van der Waals surface area contributed by atoms with Gasteiger partial charge in [-0.1, -0.05) is 23.7 Å². The topological polar surface area (TPSA) is 57.6 Å². The van der Waals surface area contributed by atoms with Gasteiger partial charge in [-0.05, 0) is 17.7 Å². The average Bonchev–Trinajstić information content (AvgIpc) is 2.36. The third-order valence-electron chi connectivity index (χ3n) is 2.59. The van der Waals surface area contributed by atoms with Gasteiger partial charge in [-0.2, -0.15) is 13.2 Å². The molecule has 0 heterocycles. The highest BCUT2D eigenvalue weighted by molar-refractivity contribution is 6.30. The number of alkyl halides is 3. The van der Waals surface area contributed by atoms with Crippen LogP contribution in [0.15, 0.2) is 24.3 Å². The first-order valence-electron chi connectivity index (χ1n) is 5.98. The number of aliphatic carboxylic acids is 1. The molecule has 0 saturated heterocycles. The number of hydrogen-bond donors (Lipinski definition) is 1. The van der Waals surface area contributed by atoms with Crippen molar-refractivity contribution in [3.05, 3.63) is 34.9 Å². The molecule has 0 saturated carbocycles. The summed E-state index contributed by atoms with van der Waals surface area (Å²) in [6.45, 7) is -0.737. The highest BCUT2D eigenvalue weighted by Crippen LogP contribution is 2.22. The maximum atomic E-state index is 12.1. The van der Waals surface area contributed by atoms with Crippen LogP contribution in [0.1, 0.15) is 18.4 Å². The Hall–Kier alpha value is -1.76. The van der Waals surface area contributed by atoms with Crippen LogP contribution < -0.4 is 0 Å². The molecule has 0 aliphatic heterocycles. The van der Waals surface area contributed by atoms with Gasteiger partial charge in [0.15, 0.2) is 0 Å². The maximum absolute atomic E-state index is 12.1. The smallest absolute Gasteiger partial charge is 0.389 e. The molecule has 0 aliphatic rings. The molecule has 0 bridgehead atoms. The van der Waals surface area contributed by atoms with Crippen molar-refractivity contribution in [2.45, 2.75) is 25.6 Å². The van der Waals surface area contributed by atoms with Crippen LogP contribution in [0.4, 0.5) is 13.2 Å². The molecule has 116 valence electrons. The quantitative estimate of drug-likeness (QED) is 0.875. The van der Waals surface area contributed by atoms with Crippen LogP contribution in [-0.2, 0) is 16.1 Å². The lowest BCUT2D eigenvalue weighted by Gasteiger charge is -2.21. The Morgan fingerprint density at radius 1 is 1.19 bits per heavy atom. The minimum absolute atomic E-state index is 0.0832. The van der Waals surface area contributed by atoms with Gasteiger partial charge in [-0.15, -0.1) is 0 Å². The summed E-state index contributed by atoms with van der Waals surface area (Å²) in [6.07, 6.45) is -6.50. The Kier molecular flexibility index (Phi) is 6.02. The lowest BCUT2D eigenvalue weighted by molar-refractivity contribution is -0.152. The van der Waals surface area contributed by atoms with Gasteiger partial charge in [0.1, 0.15) is 6.54 Å². The first-order chi connectivity index (χ1) is 9.67. The second-order valence-corrected chi connectivity index (χ2v) is 4.82. The fourth-order valence-corrected chi connectivity index (χ4v) is 1.74. The number of benzene rings is 1. The number of rotatable bonds is 6.